The van der Waals surface area contributed by atoms with E-state index in [0.717, 1.165) is 28.7 Å². The van der Waals surface area contributed by atoms with Crippen LogP contribution in [-0.4, -0.2) is 18.1 Å². The highest BCUT2D eigenvalue weighted by Gasteiger charge is 2.10. The minimum atomic E-state index is -0.545. The van der Waals surface area contributed by atoms with Gasteiger partial charge in [0.05, 0.1) is 7.11 Å². The lowest BCUT2D eigenvalue weighted by Gasteiger charge is -2.05. The van der Waals surface area contributed by atoms with Crippen LogP contribution < -0.4 is 10.9 Å². The zero-order valence-electron chi connectivity index (χ0n) is 10.5. The summed E-state index contributed by atoms with van der Waals surface area (Å²) in [5.74, 6) is -0.545. The lowest BCUT2D eigenvalue weighted by molar-refractivity contribution is 0.0606. The first-order valence-electron chi connectivity index (χ1n) is 5.52. The number of rotatable bonds is 3. The van der Waals surface area contributed by atoms with Crippen LogP contribution in [-0.2, 0) is 4.74 Å². The quantitative estimate of drug-likeness (QED) is 0.871. The molecule has 0 saturated carbocycles. The van der Waals surface area contributed by atoms with Crippen molar-refractivity contribution in [1.82, 2.24) is 4.98 Å². The first kappa shape index (κ1) is 13.2. The fourth-order valence-electron chi connectivity index (χ4n) is 1.42. The molecule has 98 valence electrons. The number of nitrogens with one attached hydrogen (secondary N) is 1. The monoisotopic (exact) mass is 276 g/mol. The van der Waals surface area contributed by atoms with Gasteiger partial charge in [0.1, 0.15) is 4.88 Å². The lowest BCUT2D eigenvalue weighted by atomic mass is 10.2. The van der Waals surface area contributed by atoms with Gasteiger partial charge >= 0.3 is 5.97 Å². The van der Waals surface area contributed by atoms with Crippen molar-refractivity contribution >= 4 is 28.1 Å². The van der Waals surface area contributed by atoms with E-state index >= 15 is 0 Å². The third-order valence-electron chi connectivity index (χ3n) is 2.36. The smallest absolute Gasteiger partial charge is 0.348 e. The van der Waals surface area contributed by atoms with Gasteiger partial charge in [0.25, 0.3) is 5.56 Å². The summed E-state index contributed by atoms with van der Waals surface area (Å²) in [5, 5.41) is 3.35. The number of nitrogens with zero attached hydrogens (tertiary/aromatic N) is 1. The number of hydrogen-bond donors (Lipinski definition) is 1. The Balaban J connectivity index is 2.30. The van der Waals surface area contributed by atoms with Crippen molar-refractivity contribution in [2.45, 2.75) is 6.92 Å². The van der Waals surface area contributed by atoms with Crippen molar-refractivity contribution < 1.29 is 9.53 Å². The van der Waals surface area contributed by atoms with Gasteiger partial charge in [0, 0.05) is 11.8 Å². The van der Waals surface area contributed by atoms with Crippen LogP contribution in [0.4, 0.5) is 10.8 Å². The molecule has 0 fully saturated rings. The molecule has 0 radical (unpaired) electrons. The van der Waals surface area contributed by atoms with E-state index in [9.17, 15) is 9.59 Å². The molecule has 2 rings (SSSR count). The number of carbonyl (C=O) groups is 1. The van der Waals surface area contributed by atoms with Crippen molar-refractivity contribution in [1.29, 1.82) is 0 Å². The number of hydrogen-bond acceptors (Lipinski definition) is 6. The number of carbonyl (C=O) groups excluding carboxylic acids is 1. The molecule has 19 heavy (non-hydrogen) atoms. The Bertz CT molecular complexity index is 650. The van der Waals surface area contributed by atoms with Crippen LogP contribution >= 0.6 is 11.3 Å². The summed E-state index contributed by atoms with van der Waals surface area (Å²) in [6.07, 6.45) is 0. The second-order valence-electron chi connectivity index (χ2n) is 3.85. The average molecular weight is 276 g/mol. The predicted molar refractivity (Wildman–Crippen MR) is 74.2 cm³/mol. The molecule has 0 aliphatic carbocycles. The molecule has 0 amide bonds. The second-order valence-corrected chi connectivity index (χ2v) is 4.88. The largest absolute Gasteiger partial charge is 0.465 e. The zero-order chi connectivity index (χ0) is 13.8. The zero-order valence-corrected chi connectivity index (χ0v) is 11.3. The molecule has 0 aliphatic rings. The molecular weight excluding hydrogens is 264 g/mol. The Morgan fingerprint density at radius 1 is 1.32 bits per heavy atom. The maximum absolute atomic E-state index is 11.4. The number of aryl methyl sites for hydroxylation is 1. The van der Waals surface area contributed by atoms with Gasteiger partial charge in [0.15, 0.2) is 5.13 Å². The van der Waals surface area contributed by atoms with Crippen molar-refractivity contribution in [3.05, 3.63) is 51.1 Å². The van der Waals surface area contributed by atoms with Crippen LogP contribution in [0.2, 0.25) is 0 Å². The maximum atomic E-state index is 11.4. The van der Waals surface area contributed by atoms with Crippen molar-refractivity contribution in [3.8, 4) is 0 Å². The number of benzene rings is 1. The molecule has 1 aromatic carbocycles. The molecular formula is C13H12N2O3S. The molecule has 0 bridgehead atoms. The molecule has 0 aliphatic heterocycles. The standard InChI is InChI=1S/C13H12N2O3S/c1-8-3-5-9(6-4-8)14-13-15-11(16)7-10(19-13)12(17)18-2/h3-7H,1-2H3,(H,14,15,16). The van der Waals surface area contributed by atoms with Crippen molar-refractivity contribution in [3.63, 3.8) is 0 Å². The van der Waals surface area contributed by atoms with E-state index in [1.54, 1.807) is 0 Å². The molecule has 0 atom stereocenters. The fourth-order valence-corrected chi connectivity index (χ4v) is 2.26. The Kier molecular flexibility index (Phi) is 3.91. The van der Waals surface area contributed by atoms with Gasteiger partial charge in [-0.1, -0.05) is 29.0 Å². The van der Waals surface area contributed by atoms with E-state index in [2.05, 4.69) is 15.0 Å². The summed E-state index contributed by atoms with van der Waals surface area (Å²) in [7, 11) is 1.27. The summed E-state index contributed by atoms with van der Waals surface area (Å²) in [6.45, 7) is 1.98. The van der Waals surface area contributed by atoms with E-state index < -0.39 is 11.5 Å². The van der Waals surface area contributed by atoms with Crippen LogP contribution in [0.25, 0.3) is 0 Å². The number of methoxy groups -OCH3 is 1. The molecule has 2 aromatic rings. The maximum Gasteiger partial charge on any atom is 0.348 e. The van der Waals surface area contributed by atoms with E-state index in [-0.39, 0.29) is 4.88 Å². The van der Waals surface area contributed by atoms with E-state index in [1.165, 1.54) is 7.11 Å². The summed E-state index contributed by atoms with van der Waals surface area (Å²) >= 11 is 1.07. The second kappa shape index (κ2) is 5.62. The number of aromatic nitrogens is 1. The first-order valence-corrected chi connectivity index (χ1v) is 6.34. The van der Waals surface area contributed by atoms with Crippen LogP contribution in [0, 0.1) is 6.92 Å². The van der Waals surface area contributed by atoms with Crippen LogP contribution in [0.15, 0.2) is 35.1 Å². The van der Waals surface area contributed by atoms with Crippen LogP contribution in [0.5, 0.6) is 0 Å². The number of esters is 1. The van der Waals surface area contributed by atoms with Crippen LogP contribution in [0.1, 0.15) is 15.2 Å². The normalized spacial score (nSPS) is 10.0. The fraction of sp³-hybridized carbons (Fsp3) is 0.154. The number of ether oxygens (including phenoxy) is 1. The van der Waals surface area contributed by atoms with E-state index in [4.69, 9.17) is 0 Å². The highest BCUT2D eigenvalue weighted by atomic mass is 32.1. The SMILES string of the molecule is COC(=O)c1cc(=O)nc(Nc2ccc(C)cc2)s1. The average Bonchev–Trinajstić information content (AvgIpc) is 2.40. The first-order chi connectivity index (χ1) is 9.08. The van der Waals surface area contributed by atoms with Crippen LogP contribution in [0.3, 0.4) is 0 Å². The van der Waals surface area contributed by atoms with Gasteiger partial charge in [-0.3, -0.25) is 4.79 Å². The van der Waals surface area contributed by atoms with Gasteiger partial charge in [-0.15, -0.1) is 0 Å². The van der Waals surface area contributed by atoms with Gasteiger partial charge in [-0.2, -0.15) is 4.98 Å². The topological polar surface area (TPSA) is 68.3 Å². The third-order valence-corrected chi connectivity index (χ3v) is 3.25. The molecule has 0 unspecified atom stereocenters. The predicted octanol–water partition coefficient (Wildman–Crippen LogP) is 2.34. The molecule has 6 heteroatoms. The number of anilines is 2. The minimum Gasteiger partial charge on any atom is -0.465 e. The molecule has 1 heterocycles. The van der Waals surface area contributed by atoms with Crippen molar-refractivity contribution in [2.24, 2.45) is 0 Å². The Labute approximate surface area is 113 Å². The van der Waals surface area contributed by atoms with Gasteiger partial charge < -0.3 is 10.1 Å². The molecule has 1 aromatic heterocycles. The highest BCUT2D eigenvalue weighted by molar-refractivity contribution is 7.17. The minimum absolute atomic E-state index is 0.220. The summed E-state index contributed by atoms with van der Waals surface area (Å²) < 4.78 is 4.59. The van der Waals surface area contributed by atoms with E-state index in [1.807, 2.05) is 31.2 Å². The van der Waals surface area contributed by atoms with Gasteiger partial charge in [0.2, 0.25) is 0 Å². The highest BCUT2D eigenvalue weighted by Crippen LogP contribution is 2.20. The molecule has 0 spiro atoms. The summed E-state index contributed by atoms with van der Waals surface area (Å²) in [5.41, 5.74) is 1.46. The Morgan fingerprint density at radius 2 is 2.00 bits per heavy atom. The summed E-state index contributed by atoms with van der Waals surface area (Å²) in [6, 6.07) is 8.79. The van der Waals surface area contributed by atoms with Gasteiger partial charge in [-0.05, 0) is 19.1 Å². The molecule has 5 nitrogen and oxygen atoms in total. The van der Waals surface area contributed by atoms with E-state index in [0.29, 0.717) is 5.13 Å². The molecule has 1 N–H and O–H groups in total. The Hall–Kier alpha value is -2.21. The Morgan fingerprint density at radius 3 is 2.63 bits per heavy atom. The summed E-state index contributed by atoms with van der Waals surface area (Å²) in [4.78, 5) is 26.9. The third kappa shape index (κ3) is 3.38. The molecule has 0 saturated heterocycles. The lowest BCUT2D eigenvalue weighted by Crippen LogP contribution is -2.10. The van der Waals surface area contributed by atoms with Crippen molar-refractivity contribution in [2.75, 3.05) is 12.4 Å². The van der Waals surface area contributed by atoms with Gasteiger partial charge in [-0.25, -0.2) is 4.79 Å².